The first kappa shape index (κ1) is 15.7. The predicted molar refractivity (Wildman–Crippen MR) is 86.6 cm³/mol. The normalized spacial score (nSPS) is 15.2. The van der Waals surface area contributed by atoms with Gasteiger partial charge in [-0.25, -0.2) is 14.2 Å². The van der Waals surface area contributed by atoms with E-state index in [0.717, 1.165) is 0 Å². The first-order chi connectivity index (χ1) is 11.6. The highest BCUT2D eigenvalue weighted by molar-refractivity contribution is 6.12. The molecule has 2 aromatic carbocycles. The monoisotopic (exact) mass is 327 g/mol. The molecule has 0 fully saturated rings. The number of cyclic esters (lactones) is 1. The minimum absolute atomic E-state index is 0.126. The van der Waals surface area contributed by atoms with E-state index in [9.17, 15) is 9.18 Å². The van der Waals surface area contributed by atoms with E-state index in [1.54, 1.807) is 24.3 Å². The van der Waals surface area contributed by atoms with E-state index >= 15 is 0 Å². The fourth-order valence-corrected chi connectivity index (χ4v) is 2.30. The zero-order valence-electron chi connectivity index (χ0n) is 13.1. The number of benzene rings is 2. The fourth-order valence-electron chi connectivity index (χ4n) is 2.30. The van der Waals surface area contributed by atoms with Crippen molar-refractivity contribution in [2.45, 2.75) is 0 Å². The average Bonchev–Trinajstić information content (AvgIpc) is 2.96. The Hall–Kier alpha value is -3.15. The van der Waals surface area contributed by atoms with Gasteiger partial charge >= 0.3 is 5.97 Å². The number of carbonyl (C=O) groups is 1. The Morgan fingerprint density at radius 3 is 2.50 bits per heavy atom. The summed E-state index contributed by atoms with van der Waals surface area (Å²) in [5.74, 6) is 0.208. The van der Waals surface area contributed by atoms with Crippen molar-refractivity contribution in [3.8, 4) is 11.5 Å². The highest BCUT2D eigenvalue weighted by Crippen LogP contribution is 2.33. The molecular formula is C18H14FNO4. The van der Waals surface area contributed by atoms with Crippen LogP contribution in [0.3, 0.4) is 0 Å². The first-order valence-corrected chi connectivity index (χ1v) is 7.12. The highest BCUT2D eigenvalue weighted by Gasteiger charge is 2.24. The Kier molecular flexibility index (Phi) is 4.29. The van der Waals surface area contributed by atoms with Crippen molar-refractivity contribution in [1.29, 1.82) is 0 Å². The van der Waals surface area contributed by atoms with Crippen LogP contribution in [0.25, 0.3) is 6.08 Å². The van der Waals surface area contributed by atoms with Crippen LogP contribution in [0, 0.1) is 5.82 Å². The zero-order valence-corrected chi connectivity index (χ0v) is 13.1. The van der Waals surface area contributed by atoms with E-state index in [0.29, 0.717) is 22.6 Å². The number of nitrogens with zero attached hydrogens (tertiary/aromatic N) is 1. The molecule has 5 nitrogen and oxygen atoms in total. The van der Waals surface area contributed by atoms with E-state index in [4.69, 9.17) is 14.2 Å². The van der Waals surface area contributed by atoms with Crippen LogP contribution in [-0.4, -0.2) is 26.1 Å². The molecule has 0 spiro atoms. The number of rotatable bonds is 4. The number of ether oxygens (including phenoxy) is 3. The first-order valence-electron chi connectivity index (χ1n) is 7.12. The van der Waals surface area contributed by atoms with Gasteiger partial charge in [-0.05, 0) is 36.4 Å². The van der Waals surface area contributed by atoms with Crippen LogP contribution < -0.4 is 9.47 Å². The molecule has 0 atom stereocenters. The summed E-state index contributed by atoms with van der Waals surface area (Å²) in [7, 11) is 3.05. The van der Waals surface area contributed by atoms with Crippen LogP contribution in [0.1, 0.15) is 11.1 Å². The molecule has 0 unspecified atom stereocenters. The maximum atomic E-state index is 13.0. The molecule has 0 amide bonds. The number of methoxy groups -OCH3 is 2. The predicted octanol–water partition coefficient (Wildman–Crippen LogP) is 3.19. The van der Waals surface area contributed by atoms with Crippen molar-refractivity contribution < 1.29 is 23.4 Å². The molecule has 0 radical (unpaired) electrons. The van der Waals surface area contributed by atoms with Gasteiger partial charge in [0.15, 0.2) is 17.2 Å². The molecule has 24 heavy (non-hydrogen) atoms. The lowest BCUT2D eigenvalue weighted by Gasteiger charge is -2.09. The second-order valence-corrected chi connectivity index (χ2v) is 4.93. The largest absolute Gasteiger partial charge is 0.493 e. The second-order valence-electron chi connectivity index (χ2n) is 4.93. The third-order valence-corrected chi connectivity index (χ3v) is 3.44. The summed E-state index contributed by atoms with van der Waals surface area (Å²) in [5, 5.41) is 0. The average molecular weight is 327 g/mol. The van der Waals surface area contributed by atoms with E-state index in [1.807, 2.05) is 0 Å². The molecule has 0 bridgehead atoms. The standard InChI is InChI=1S/C18H14FNO4/c1-22-15-5-3-4-12(16(15)23-2)10-14-18(21)24-17(20-14)11-6-8-13(19)9-7-11/h3-10H,1-2H3/b14-10+. The Labute approximate surface area is 138 Å². The topological polar surface area (TPSA) is 57.1 Å². The highest BCUT2D eigenvalue weighted by atomic mass is 19.1. The Bertz CT molecular complexity index is 841. The summed E-state index contributed by atoms with van der Waals surface area (Å²) in [6, 6.07) is 10.8. The lowest BCUT2D eigenvalue weighted by Crippen LogP contribution is -2.05. The quantitative estimate of drug-likeness (QED) is 0.639. The Balaban J connectivity index is 1.99. The number of hydrogen-bond donors (Lipinski definition) is 0. The van der Waals surface area contributed by atoms with Crippen LogP contribution in [0.5, 0.6) is 11.5 Å². The molecule has 0 saturated heterocycles. The Morgan fingerprint density at radius 2 is 1.83 bits per heavy atom. The van der Waals surface area contributed by atoms with Crippen molar-refractivity contribution in [1.82, 2.24) is 0 Å². The SMILES string of the molecule is COc1cccc(/C=C2/N=C(c3ccc(F)cc3)OC2=O)c1OC. The molecular weight excluding hydrogens is 313 g/mol. The second kappa shape index (κ2) is 6.54. The summed E-state index contributed by atoms with van der Waals surface area (Å²) >= 11 is 0. The summed E-state index contributed by atoms with van der Waals surface area (Å²) in [6.45, 7) is 0. The van der Waals surface area contributed by atoms with Gasteiger partial charge in [0.1, 0.15) is 5.82 Å². The number of carbonyl (C=O) groups excluding carboxylic acids is 1. The molecule has 0 saturated carbocycles. The van der Waals surface area contributed by atoms with Crippen molar-refractivity contribution in [3.63, 3.8) is 0 Å². The molecule has 0 aliphatic carbocycles. The maximum absolute atomic E-state index is 13.0. The molecule has 3 rings (SSSR count). The Morgan fingerprint density at radius 1 is 1.08 bits per heavy atom. The van der Waals surface area contributed by atoms with Crippen molar-refractivity contribution in [2.75, 3.05) is 14.2 Å². The molecule has 0 aromatic heterocycles. The van der Waals surface area contributed by atoms with E-state index < -0.39 is 5.97 Å². The van der Waals surface area contributed by atoms with Gasteiger partial charge in [-0.3, -0.25) is 0 Å². The summed E-state index contributed by atoms with van der Waals surface area (Å²) < 4.78 is 28.7. The lowest BCUT2D eigenvalue weighted by molar-refractivity contribution is -0.129. The van der Waals surface area contributed by atoms with E-state index in [1.165, 1.54) is 38.5 Å². The molecule has 0 N–H and O–H groups in total. The number of halogens is 1. The van der Waals surface area contributed by atoms with Gasteiger partial charge in [0.2, 0.25) is 5.90 Å². The molecule has 122 valence electrons. The summed E-state index contributed by atoms with van der Waals surface area (Å²) in [6.07, 6.45) is 1.56. The van der Waals surface area contributed by atoms with Crippen molar-refractivity contribution in [2.24, 2.45) is 4.99 Å². The maximum Gasteiger partial charge on any atom is 0.363 e. The molecule has 6 heteroatoms. The van der Waals surface area contributed by atoms with Gasteiger partial charge in [-0.15, -0.1) is 0 Å². The van der Waals surface area contributed by atoms with Crippen LogP contribution >= 0.6 is 0 Å². The number of hydrogen-bond acceptors (Lipinski definition) is 5. The third kappa shape index (κ3) is 2.99. The number of aliphatic imine (C=N–C) groups is 1. The van der Waals surface area contributed by atoms with Gasteiger partial charge in [0.05, 0.1) is 14.2 Å². The molecule has 1 heterocycles. The lowest BCUT2D eigenvalue weighted by atomic mass is 10.1. The van der Waals surface area contributed by atoms with Crippen LogP contribution in [0.4, 0.5) is 4.39 Å². The van der Waals surface area contributed by atoms with Crippen molar-refractivity contribution >= 4 is 17.9 Å². The third-order valence-electron chi connectivity index (χ3n) is 3.44. The smallest absolute Gasteiger partial charge is 0.363 e. The molecule has 2 aromatic rings. The summed E-state index contributed by atoms with van der Waals surface area (Å²) in [4.78, 5) is 16.2. The fraction of sp³-hybridized carbons (Fsp3) is 0.111. The van der Waals surface area contributed by atoms with Gasteiger partial charge < -0.3 is 14.2 Å². The van der Waals surface area contributed by atoms with Crippen LogP contribution in [0.15, 0.2) is 53.2 Å². The minimum atomic E-state index is -0.584. The van der Waals surface area contributed by atoms with E-state index in [-0.39, 0.29) is 17.4 Å². The van der Waals surface area contributed by atoms with Crippen molar-refractivity contribution in [3.05, 3.63) is 65.1 Å². The minimum Gasteiger partial charge on any atom is -0.493 e. The van der Waals surface area contributed by atoms with E-state index in [2.05, 4.69) is 4.99 Å². The molecule has 1 aliphatic heterocycles. The van der Waals surface area contributed by atoms with Gasteiger partial charge in [0.25, 0.3) is 0 Å². The van der Waals surface area contributed by atoms with Gasteiger partial charge in [0, 0.05) is 11.1 Å². The zero-order chi connectivity index (χ0) is 17.1. The van der Waals surface area contributed by atoms with Crippen LogP contribution in [0.2, 0.25) is 0 Å². The number of para-hydroxylation sites is 1. The number of esters is 1. The van der Waals surface area contributed by atoms with Gasteiger partial charge in [-0.2, -0.15) is 0 Å². The van der Waals surface area contributed by atoms with Crippen LogP contribution in [-0.2, 0) is 9.53 Å². The summed E-state index contributed by atoms with van der Waals surface area (Å²) in [5.41, 5.74) is 1.28. The van der Waals surface area contributed by atoms with Gasteiger partial charge in [-0.1, -0.05) is 12.1 Å². The molecule has 1 aliphatic rings.